The van der Waals surface area contributed by atoms with Gasteiger partial charge in [0, 0.05) is 10.9 Å². The lowest BCUT2D eigenvalue weighted by Crippen LogP contribution is -2.08. The van der Waals surface area contributed by atoms with Gasteiger partial charge in [-0.25, -0.2) is 9.78 Å². The van der Waals surface area contributed by atoms with Crippen LogP contribution in [0.5, 0.6) is 5.75 Å². The molecule has 3 rings (SSSR count). The molecule has 0 amide bonds. The molecule has 0 aliphatic carbocycles. The molecule has 20 heavy (non-hydrogen) atoms. The number of rotatable bonds is 3. The molecule has 0 fully saturated rings. The Labute approximate surface area is 115 Å². The fourth-order valence-electron chi connectivity index (χ4n) is 2.34. The molecule has 2 aromatic heterocycles. The van der Waals surface area contributed by atoms with Crippen LogP contribution in [0, 0.1) is 0 Å². The van der Waals surface area contributed by atoms with Gasteiger partial charge in [0.2, 0.25) is 0 Å². The largest absolute Gasteiger partial charge is 0.494 e. The number of benzene rings is 1. The Morgan fingerprint density at radius 3 is 2.90 bits per heavy atom. The zero-order valence-corrected chi connectivity index (χ0v) is 11.3. The summed E-state index contributed by atoms with van der Waals surface area (Å²) in [5, 5.41) is 1.84. The third-order valence-electron chi connectivity index (χ3n) is 3.19. The third-order valence-corrected chi connectivity index (χ3v) is 3.19. The van der Waals surface area contributed by atoms with Crippen LogP contribution in [0.25, 0.3) is 21.8 Å². The van der Waals surface area contributed by atoms with Gasteiger partial charge in [-0.2, -0.15) is 0 Å². The van der Waals surface area contributed by atoms with E-state index in [1.807, 2.05) is 24.3 Å². The number of nitrogens with one attached hydrogen (secondary N) is 1. The summed E-state index contributed by atoms with van der Waals surface area (Å²) in [4.78, 5) is 19.4. The maximum absolute atomic E-state index is 12.0. The summed E-state index contributed by atoms with van der Waals surface area (Å²) in [5.74, 6) is 0.192. The minimum absolute atomic E-state index is 0.277. The minimum Gasteiger partial charge on any atom is -0.494 e. The Balaban J connectivity index is 2.37. The summed E-state index contributed by atoms with van der Waals surface area (Å²) in [6.45, 7) is 2.08. The lowest BCUT2D eigenvalue weighted by atomic mass is 10.1. The molecule has 0 spiro atoms. The van der Waals surface area contributed by atoms with Gasteiger partial charge in [0.25, 0.3) is 0 Å². The van der Waals surface area contributed by atoms with Crippen LogP contribution < -0.4 is 4.74 Å². The highest BCUT2D eigenvalue weighted by Gasteiger charge is 2.19. The molecule has 5 heteroatoms. The number of aromatic amines is 1. The molecule has 0 saturated heterocycles. The number of methoxy groups -OCH3 is 1. The van der Waals surface area contributed by atoms with E-state index in [0.717, 1.165) is 16.3 Å². The molecule has 2 heterocycles. The van der Waals surface area contributed by atoms with Gasteiger partial charge in [-0.1, -0.05) is 18.2 Å². The number of pyridine rings is 1. The number of carbonyl (C=O) groups is 1. The molecule has 5 nitrogen and oxygen atoms in total. The highest BCUT2D eigenvalue weighted by atomic mass is 16.5. The number of H-pyrrole nitrogens is 1. The number of aromatic nitrogens is 2. The number of ether oxygens (including phenoxy) is 2. The molecule has 1 N–H and O–H groups in total. The van der Waals surface area contributed by atoms with E-state index in [2.05, 4.69) is 9.97 Å². The quantitative estimate of drug-likeness (QED) is 0.743. The molecule has 1 aromatic carbocycles. The van der Waals surface area contributed by atoms with Gasteiger partial charge in [0.05, 0.1) is 30.8 Å². The van der Waals surface area contributed by atoms with Crippen LogP contribution in [-0.4, -0.2) is 29.7 Å². The second kappa shape index (κ2) is 4.85. The van der Waals surface area contributed by atoms with Crippen molar-refractivity contribution in [2.24, 2.45) is 0 Å². The van der Waals surface area contributed by atoms with Crippen molar-refractivity contribution in [1.29, 1.82) is 0 Å². The summed E-state index contributed by atoms with van der Waals surface area (Å²) in [6.07, 6.45) is 1.55. The van der Waals surface area contributed by atoms with E-state index < -0.39 is 5.97 Å². The summed E-state index contributed by atoms with van der Waals surface area (Å²) < 4.78 is 10.4. The molecule has 0 aliphatic rings. The van der Waals surface area contributed by atoms with Crippen molar-refractivity contribution in [3.63, 3.8) is 0 Å². The number of para-hydroxylation sites is 1. The standard InChI is InChI=1S/C15H14N2O3/c1-3-20-15(18)14-13-12(11(19-2)8-16-14)9-6-4-5-7-10(9)17-13/h4-8,17H,3H2,1-2H3. The van der Waals surface area contributed by atoms with Crippen molar-refractivity contribution in [2.75, 3.05) is 13.7 Å². The summed E-state index contributed by atoms with van der Waals surface area (Å²) in [6, 6.07) is 7.80. The second-order valence-electron chi connectivity index (χ2n) is 4.32. The van der Waals surface area contributed by atoms with Crippen LogP contribution in [-0.2, 0) is 4.74 Å². The first-order valence-corrected chi connectivity index (χ1v) is 6.36. The van der Waals surface area contributed by atoms with Crippen LogP contribution in [0.3, 0.4) is 0 Å². The van der Waals surface area contributed by atoms with E-state index in [-0.39, 0.29) is 5.69 Å². The fourth-order valence-corrected chi connectivity index (χ4v) is 2.34. The average molecular weight is 270 g/mol. The van der Waals surface area contributed by atoms with Crippen LogP contribution in [0.1, 0.15) is 17.4 Å². The molecule has 0 unspecified atom stereocenters. The SMILES string of the molecule is CCOC(=O)c1ncc(OC)c2c1[nH]c1ccccc12. The first-order chi connectivity index (χ1) is 9.76. The highest BCUT2D eigenvalue weighted by Crippen LogP contribution is 2.33. The van der Waals surface area contributed by atoms with Crippen LogP contribution in [0.15, 0.2) is 30.5 Å². The van der Waals surface area contributed by atoms with E-state index in [0.29, 0.717) is 17.9 Å². The van der Waals surface area contributed by atoms with E-state index >= 15 is 0 Å². The summed E-state index contributed by atoms with van der Waals surface area (Å²) in [7, 11) is 1.59. The molecule has 0 aliphatic heterocycles. The van der Waals surface area contributed by atoms with E-state index in [1.165, 1.54) is 0 Å². The predicted octanol–water partition coefficient (Wildman–Crippen LogP) is 2.90. The first-order valence-electron chi connectivity index (χ1n) is 6.36. The Morgan fingerprint density at radius 2 is 2.15 bits per heavy atom. The number of hydrogen-bond acceptors (Lipinski definition) is 4. The van der Waals surface area contributed by atoms with Crippen LogP contribution in [0.2, 0.25) is 0 Å². The Morgan fingerprint density at radius 1 is 1.35 bits per heavy atom. The molecule has 0 atom stereocenters. The topological polar surface area (TPSA) is 64.2 Å². The maximum atomic E-state index is 12.0. The molecule has 0 radical (unpaired) electrons. The van der Waals surface area contributed by atoms with Gasteiger partial charge >= 0.3 is 5.97 Å². The molecule has 102 valence electrons. The number of nitrogens with zero attached hydrogens (tertiary/aromatic N) is 1. The molecule has 3 aromatic rings. The van der Waals surface area contributed by atoms with E-state index in [4.69, 9.17) is 9.47 Å². The highest BCUT2D eigenvalue weighted by molar-refractivity contribution is 6.15. The molecular formula is C15H14N2O3. The van der Waals surface area contributed by atoms with Gasteiger partial charge in [-0.05, 0) is 13.0 Å². The smallest absolute Gasteiger partial charge is 0.359 e. The van der Waals surface area contributed by atoms with Crippen molar-refractivity contribution in [3.05, 3.63) is 36.2 Å². The number of carbonyl (C=O) groups excluding carboxylic acids is 1. The van der Waals surface area contributed by atoms with Crippen molar-refractivity contribution in [3.8, 4) is 5.75 Å². The Bertz CT molecular complexity index is 792. The normalized spacial score (nSPS) is 10.9. The fraction of sp³-hybridized carbons (Fsp3) is 0.200. The van der Waals surface area contributed by atoms with Crippen LogP contribution >= 0.6 is 0 Å². The van der Waals surface area contributed by atoms with E-state index in [1.54, 1.807) is 20.2 Å². The van der Waals surface area contributed by atoms with Crippen molar-refractivity contribution in [1.82, 2.24) is 9.97 Å². The maximum Gasteiger partial charge on any atom is 0.359 e. The summed E-state index contributed by atoms with van der Waals surface area (Å²) >= 11 is 0. The average Bonchev–Trinajstić information content (AvgIpc) is 2.86. The van der Waals surface area contributed by atoms with Gasteiger partial charge in [-0.3, -0.25) is 0 Å². The van der Waals surface area contributed by atoms with Gasteiger partial charge in [-0.15, -0.1) is 0 Å². The molecule has 0 saturated carbocycles. The lowest BCUT2D eigenvalue weighted by molar-refractivity contribution is 0.0522. The Kier molecular flexibility index (Phi) is 3.02. The zero-order chi connectivity index (χ0) is 14.1. The monoisotopic (exact) mass is 270 g/mol. The first kappa shape index (κ1) is 12.5. The van der Waals surface area contributed by atoms with Crippen molar-refractivity contribution < 1.29 is 14.3 Å². The molecule has 0 bridgehead atoms. The zero-order valence-electron chi connectivity index (χ0n) is 11.3. The number of fused-ring (bicyclic) bond motifs is 3. The predicted molar refractivity (Wildman–Crippen MR) is 76.1 cm³/mol. The van der Waals surface area contributed by atoms with Gasteiger partial charge in [0.15, 0.2) is 5.69 Å². The lowest BCUT2D eigenvalue weighted by Gasteiger charge is -2.06. The van der Waals surface area contributed by atoms with Crippen molar-refractivity contribution >= 4 is 27.8 Å². The van der Waals surface area contributed by atoms with Crippen molar-refractivity contribution in [2.45, 2.75) is 6.92 Å². The Hall–Kier alpha value is -2.56. The third kappa shape index (κ3) is 1.79. The number of hydrogen-bond donors (Lipinski definition) is 1. The van der Waals surface area contributed by atoms with Crippen LogP contribution in [0.4, 0.5) is 0 Å². The minimum atomic E-state index is -0.438. The van der Waals surface area contributed by atoms with Gasteiger partial charge in [0.1, 0.15) is 5.75 Å². The molecular weight excluding hydrogens is 256 g/mol. The summed E-state index contributed by atoms with van der Waals surface area (Å²) in [5.41, 5.74) is 1.85. The van der Waals surface area contributed by atoms with E-state index in [9.17, 15) is 4.79 Å². The number of esters is 1. The van der Waals surface area contributed by atoms with Gasteiger partial charge < -0.3 is 14.5 Å². The second-order valence-corrected chi connectivity index (χ2v) is 4.32.